The molecule has 1 heterocycles. The molecular formula is C13H9ClN4O. The summed E-state index contributed by atoms with van der Waals surface area (Å²) in [6.07, 6.45) is 0. The van der Waals surface area contributed by atoms with Gasteiger partial charge in [0.15, 0.2) is 0 Å². The quantitative estimate of drug-likeness (QED) is 0.690. The monoisotopic (exact) mass is 272 g/mol. The van der Waals surface area contributed by atoms with E-state index in [4.69, 9.17) is 17.3 Å². The Labute approximate surface area is 113 Å². The van der Waals surface area contributed by atoms with Gasteiger partial charge >= 0.3 is 0 Å². The third-order valence-electron chi connectivity index (χ3n) is 2.79. The SMILES string of the molecule is Nc1ccc(Cl)cc1C(=O)n1nnc2ccccc21. The van der Waals surface area contributed by atoms with E-state index in [1.54, 1.807) is 24.3 Å². The number of carbonyl (C=O) groups is 1. The number of anilines is 1. The normalized spacial score (nSPS) is 10.8. The minimum Gasteiger partial charge on any atom is -0.398 e. The number of para-hydroxylation sites is 1. The molecule has 0 aliphatic heterocycles. The topological polar surface area (TPSA) is 73.8 Å². The number of nitrogens with two attached hydrogens (primary N) is 1. The fourth-order valence-electron chi connectivity index (χ4n) is 1.85. The molecule has 5 nitrogen and oxygen atoms in total. The van der Waals surface area contributed by atoms with Crippen molar-refractivity contribution in [3.05, 3.63) is 53.1 Å². The Hall–Kier alpha value is -2.40. The zero-order valence-electron chi connectivity index (χ0n) is 9.75. The maximum Gasteiger partial charge on any atom is 0.282 e. The molecule has 2 aromatic carbocycles. The molecule has 0 bridgehead atoms. The predicted molar refractivity (Wildman–Crippen MR) is 73.1 cm³/mol. The van der Waals surface area contributed by atoms with E-state index in [-0.39, 0.29) is 5.91 Å². The van der Waals surface area contributed by atoms with Gasteiger partial charge in [0.05, 0.1) is 11.1 Å². The summed E-state index contributed by atoms with van der Waals surface area (Å²) in [5, 5.41) is 8.24. The van der Waals surface area contributed by atoms with Gasteiger partial charge in [-0.05, 0) is 30.3 Å². The second-order valence-corrected chi connectivity index (χ2v) is 4.46. The standard InChI is InChI=1S/C13H9ClN4O/c14-8-5-6-10(15)9(7-8)13(19)18-12-4-2-1-3-11(12)16-17-18/h1-7H,15H2. The van der Waals surface area contributed by atoms with Gasteiger partial charge in [-0.15, -0.1) is 5.10 Å². The summed E-state index contributed by atoms with van der Waals surface area (Å²) in [5.74, 6) is -0.353. The molecule has 19 heavy (non-hydrogen) atoms. The zero-order valence-corrected chi connectivity index (χ0v) is 10.5. The Morgan fingerprint density at radius 2 is 2.00 bits per heavy atom. The highest BCUT2D eigenvalue weighted by atomic mass is 35.5. The highest BCUT2D eigenvalue weighted by Crippen LogP contribution is 2.20. The van der Waals surface area contributed by atoms with E-state index >= 15 is 0 Å². The van der Waals surface area contributed by atoms with E-state index in [0.717, 1.165) is 0 Å². The Morgan fingerprint density at radius 1 is 1.21 bits per heavy atom. The van der Waals surface area contributed by atoms with Gasteiger partial charge in [0.1, 0.15) is 5.52 Å². The maximum absolute atomic E-state index is 12.4. The van der Waals surface area contributed by atoms with Crippen molar-refractivity contribution in [1.82, 2.24) is 15.0 Å². The highest BCUT2D eigenvalue weighted by molar-refractivity contribution is 6.31. The van der Waals surface area contributed by atoms with Crippen LogP contribution in [0.15, 0.2) is 42.5 Å². The molecule has 6 heteroatoms. The van der Waals surface area contributed by atoms with E-state index in [1.807, 2.05) is 12.1 Å². The number of fused-ring (bicyclic) bond motifs is 1. The first-order valence-electron chi connectivity index (χ1n) is 5.57. The van der Waals surface area contributed by atoms with Gasteiger partial charge in [-0.3, -0.25) is 4.79 Å². The van der Waals surface area contributed by atoms with Gasteiger partial charge in [-0.2, -0.15) is 4.68 Å². The van der Waals surface area contributed by atoms with E-state index in [2.05, 4.69) is 10.3 Å². The van der Waals surface area contributed by atoms with E-state index in [0.29, 0.717) is 27.3 Å². The zero-order chi connectivity index (χ0) is 13.4. The van der Waals surface area contributed by atoms with Crippen molar-refractivity contribution < 1.29 is 4.79 Å². The van der Waals surface area contributed by atoms with Crippen molar-refractivity contribution in [1.29, 1.82) is 0 Å². The Balaban J connectivity index is 2.16. The number of hydrogen-bond acceptors (Lipinski definition) is 4. The minimum atomic E-state index is -0.353. The molecule has 1 aromatic heterocycles. The number of rotatable bonds is 1. The van der Waals surface area contributed by atoms with Crippen molar-refractivity contribution in [2.75, 3.05) is 5.73 Å². The smallest absolute Gasteiger partial charge is 0.282 e. The number of hydrogen-bond donors (Lipinski definition) is 1. The van der Waals surface area contributed by atoms with Crippen LogP contribution in [0.3, 0.4) is 0 Å². The third kappa shape index (κ3) is 1.94. The van der Waals surface area contributed by atoms with Crippen LogP contribution in [0.1, 0.15) is 10.4 Å². The van der Waals surface area contributed by atoms with Crippen molar-refractivity contribution in [3.8, 4) is 0 Å². The first-order chi connectivity index (χ1) is 9.16. The lowest BCUT2D eigenvalue weighted by Gasteiger charge is -2.05. The van der Waals surface area contributed by atoms with Gasteiger partial charge in [0.25, 0.3) is 5.91 Å². The summed E-state index contributed by atoms with van der Waals surface area (Å²) < 4.78 is 1.22. The maximum atomic E-state index is 12.4. The van der Waals surface area contributed by atoms with Crippen LogP contribution in [0.25, 0.3) is 11.0 Å². The van der Waals surface area contributed by atoms with Crippen molar-refractivity contribution in [2.24, 2.45) is 0 Å². The van der Waals surface area contributed by atoms with Crippen LogP contribution in [0.5, 0.6) is 0 Å². The van der Waals surface area contributed by atoms with Crippen LogP contribution in [-0.4, -0.2) is 20.9 Å². The lowest BCUT2D eigenvalue weighted by molar-refractivity contribution is 0.0949. The van der Waals surface area contributed by atoms with Gasteiger partial charge in [0.2, 0.25) is 0 Å². The lowest BCUT2D eigenvalue weighted by Crippen LogP contribution is -2.15. The third-order valence-corrected chi connectivity index (χ3v) is 3.03. The summed E-state index contributed by atoms with van der Waals surface area (Å²) in [6, 6.07) is 12.0. The molecule has 0 spiro atoms. The van der Waals surface area contributed by atoms with Gasteiger partial charge in [-0.1, -0.05) is 28.9 Å². The Morgan fingerprint density at radius 3 is 2.84 bits per heavy atom. The van der Waals surface area contributed by atoms with E-state index < -0.39 is 0 Å². The molecule has 0 saturated carbocycles. The first-order valence-corrected chi connectivity index (χ1v) is 5.95. The van der Waals surface area contributed by atoms with Crippen LogP contribution in [0, 0.1) is 0 Å². The molecule has 0 saturated heterocycles. The number of nitrogens with zero attached hydrogens (tertiary/aromatic N) is 3. The molecule has 0 atom stereocenters. The van der Waals surface area contributed by atoms with Gasteiger partial charge in [0, 0.05) is 10.7 Å². The van der Waals surface area contributed by atoms with Crippen molar-refractivity contribution in [2.45, 2.75) is 0 Å². The molecule has 3 rings (SSSR count). The molecule has 2 N–H and O–H groups in total. The number of nitrogen functional groups attached to an aromatic ring is 1. The number of benzene rings is 2. The Kier molecular flexibility index (Phi) is 2.68. The molecule has 3 aromatic rings. The molecule has 0 aliphatic carbocycles. The van der Waals surface area contributed by atoms with Crippen molar-refractivity contribution >= 4 is 34.2 Å². The molecule has 94 valence electrons. The number of carbonyl (C=O) groups excluding carboxylic acids is 1. The van der Waals surface area contributed by atoms with Gasteiger partial charge < -0.3 is 5.73 Å². The average molecular weight is 273 g/mol. The van der Waals surface area contributed by atoms with Crippen LogP contribution >= 0.6 is 11.6 Å². The molecule has 0 unspecified atom stereocenters. The van der Waals surface area contributed by atoms with Crippen LogP contribution < -0.4 is 5.73 Å². The predicted octanol–water partition coefficient (Wildman–Crippen LogP) is 2.36. The fraction of sp³-hybridized carbons (Fsp3) is 0. The second kappa shape index (κ2) is 4.37. The Bertz CT molecular complexity index is 781. The van der Waals surface area contributed by atoms with E-state index in [9.17, 15) is 4.79 Å². The minimum absolute atomic E-state index is 0.308. The fourth-order valence-corrected chi connectivity index (χ4v) is 2.02. The van der Waals surface area contributed by atoms with E-state index in [1.165, 1.54) is 10.7 Å². The molecule has 0 amide bonds. The first kappa shape index (κ1) is 11.7. The van der Waals surface area contributed by atoms with Gasteiger partial charge in [-0.25, -0.2) is 0 Å². The largest absolute Gasteiger partial charge is 0.398 e. The molecular weight excluding hydrogens is 264 g/mol. The molecule has 0 fully saturated rings. The number of aromatic nitrogens is 3. The average Bonchev–Trinajstić information content (AvgIpc) is 2.84. The van der Waals surface area contributed by atoms with Crippen LogP contribution in [-0.2, 0) is 0 Å². The summed E-state index contributed by atoms with van der Waals surface area (Å²) >= 11 is 5.89. The highest BCUT2D eigenvalue weighted by Gasteiger charge is 2.16. The van der Waals surface area contributed by atoms with Crippen molar-refractivity contribution in [3.63, 3.8) is 0 Å². The molecule has 0 aliphatic rings. The van der Waals surface area contributed by atoms with Crippen LogP contribution in [0.2, 0.25) is 5.02 Å². The summed E-state index contributed by atoms with van der Waals surface area (Å²) in [5.41, 5.74) is 7.74. The van der Waals surface area contributed by atoms with Crippen LogP contribution in [0.4, 0.5) is 5.69 Å². The second-order valence-electron chi connectivity index (χ2n) is 4.03. The summed E-state index contributed by atoms with van der Waals surface area (Å²) in [4.78, 5) is 12.4. The lowest BCUT2D eigenvalue weighted by atomic mass is 10.1. The number of halogens is 1. The summed E-state index contributed by atoms with van der Waals surface area (Å²) in [6.45, 7) is 0. The molecule has 0 radical (unpaired) electrons. The summed E-state index contributed by atoms with van der Waals surface area (Å²) in [7, 11) is 0.